The number of nitrogens with one attached hydrogen (secondary N) is 2. The Kier molecular flexibility index (Phi) is 3.91. The highest BCUT2D eigenvalue weighted by Gasteiger charge is 2.43. The minimum atomic E-state index is -0.276. The summed E-state index contributed by atoms with van der Waals surface area (Å²) in [6.07, 6.45) is 2.53. The van der Waals surface area contributed by atoms with Crippen molar-refractivity contribution in [2.24, 2.45) is 11.3 Å². The molecule has 1 unspecified atom stereocenters. The molecule has 0 spiro atoms. The van der Waals surface area contributed by atoms with E-state index in [1.165, 1.54) is 0 Å². The number of hydrogen-bond donors (Lipinski definition) is 2. The van der Waals surface area contributed by atoms with Crippen LogP contribution < -0.4 is 10.6 Å². The number of aromatic nitrogens is 2. The molecule has 1 atom stereocenters. The van der Waals surface area contributed by atoms with Gasteiger partial charge in [-0.1, -0.05) is 13.8 Å². The van der Waals surface area contributed by atoms with Gasteiger partial charge in [-0.3, -0.25) is 4.79 Å². The molecule has 5 heteroatoms. The monoisotopic (exact) mass is 248 g/mol. The highest BCUT2D eigenvalue weighted by molar-refractivity contribution is 5.83. The summed E-state index contributed by atoms with van der Waals surface area (Å²) in [4.78, 5) is 12.4. The smallest absolute Gasteiger partial charge is 0.228 e. The van der Waals surface area contributed by atoms with E-state index < -0.39 is 0 Å². The molecule has 2 N–H and O–H groups in total. The van der Waals surface area contributed by atoms with Gasteiger partial charge in [-0.25, -0.2) is 0 Å². The Morgan fingerprint density at radius 3 is 3.00 bits per heavy atom. The molecule has 0 saturated carbocycles. The van der Waals surface area contributed by atoms with Gasteiger partial charge in [-0.2, -0.15) is 10.2 Å². The number of nitrogens with zero attached hydrogens (tertiary/aromatic N) is 2. The Balaban J connectivity index is 1.98. The Hall–Kier alpha value is -1.49. The lowest BCUT2D eigenvalue weighted by molar-refractivity contribution is -0.132. The van der Waals surface area contributed by atoms with Crippen LogP contribution in [0.25, 0.3) is 0 Å². The maximum atomic E-state index is 12.4. The Bertz CT molecular complexity index is 399. The molecule has 1 aromatic heterocycles. The summed E-state index contributed by atoms with van der Waals surface area (Å²) in [6.45, 7) is 6.33. The summed E-state index contributed by atoms with van der Waals surface area (Å²) in [5.41, 5.74) is 0.512. The molecule has 2 heterocycles. The fourth-order valence-electron chi connectivity index (χ4n) is 2.43. The molecule has 1 aromatic rings. The first kappa shape index (κ1) is 13.0. The van der Waals surface area contributed by atoms with Crippen molar-refractivity contribution in [3.8, 4) is 0 Å². The molecule has 1 aliphatic rings. The first-order chi connectivity index (χ1) is 8.65. The minimum Gasteiger partial charge on any atom is -0.350 e. The van der Waals surface area contributed by atoms with E-state index >= 15 is 0 Å². The summed E-state index contributed by atoms with van der Waals surface area (Å²) < 4.78 is 0. The normalized spacial score (nSPS) is 23.3. The van der Waals surface area contributed by atoms with E-state index in [1.54, 1.807) is 6.20 Å². The zero-order valence-electron chi connectivity index (χ0n) is 10.9. The molecule has 98 valence electrons. The van der Waals surface area contributed by atoms with Gasteiger partial charge in [0, 0.05) is 12.7 Å². The molecule has 5 nitrogen and oxygen atoms in total. The molecular formula is C13H20N4O. The number of carbonyl (C=O) groups is 1. The van der Waals surface area contributed by atoms with Crippen molar-refractivity contribution in [3.63, 3.8) is 0 Å². The first-order valence-electron chi connectivity index (χ1n) is 6.41. The fraction of sp³-hybridized carbons (Fsp3) is 0.615. The van der Waals surface area contributed by atoms with Gasteiger partial charge in [-0.15, -0.1) is 0 Å². The van der Waals surface area contributed by atoms with Crippen molar-refractivity contribution in [2.45, 2.75) is 26.8 Å². The van der Waals surface area contributed by atoms with Gasteiger partial charge < -0.3 is 10.6 Å². The molecular weight excluding hydrogens is 228 g/mol. The number of amides is 1. The Labute approximate surface area is 107 Å². The quantitative estimate of drug-likeness (QED) is 0.824. The predicted octanol–water partition coefficient (Wildman–Crippen LogP) is 0.728. The average molecular weight is 248 g/mol. The molecule has 1 amide bonds. The molecule has 0 aromatic carbocycles. The van der Waals surface area contributed by atoms with Gasteiger partial charge in [0.25, 0.3) is 0 Å². The third-order valence-corrected chi connectivity index (χ3v) is 3.80. The van der Waals surface area contributed by atoms with Gasteiger partial charge in [0.05, 0.1) is 17.7 Å². The summed E-state index contributed by atoms with van der Waals surface area (Å²) in [5, 5.41) is 14.0. The lowest BCUT2D eigenvalue weighted by atomic mass is 9.75. The topological polar surface area (TPSA) is 66.9 Å². The SMILES string of the molecule is CC(C)C1(C(=O)NCc2cccnn2)CCNC1. The fourth-order valence-corrected chi connectivity index (χ4v) is 2.43. The van der Waals surface area contributed by atoms with Crippen LogP contribution in [0.4, 0.5) is 0 Å². The van der Waals surface area contributed by atoms with Crippen LogP contribution in [-0.4, -0.2) is 29.2 Å². The van der Waals surface area contributed by atoms with E-state index in [4.69, 9.17) is 0 Å². The van der Waals surface area contributed by atoms with E-state index in [9.17, 15) is 4.79 Å². The molecule has 2 rings (SSSR count). The average Bonchev–Trinajstić information content (AvgIpc) is 2.88. The zero-order chi connectivity index (χ0) is 13.0. The van der Waals surface area contributed by atoms with E-state index in [0.717, 1.165) is 25.2 Å². The van der Waals surface area contributed by atoms with Gasteiger partial charge in [0.1, 0.15) is 0 Å². The summed E-state index contributed by atoms with van der Waals surface area (Å²) in [6, 6.07) is 3.69. The summed E-state index contributed by atoms with van der Waals surface area (Å²) in [7, 11) is 0. The molecule has 0 radical (unpaired) electrons. The molecule has 0 bridgehead atoms. The maximum absolute atomic E-state index is 12.4. The van der Waals surface area contributed by atoms with Crippen molar-refractivity contribution >= 4 is 5.91 Å². The van der Waals surface area contributed by atoms with Gasteiger partial charge in [0.15, 0.2) is 0 Å². The van der Waals surface area contributed by atoms with Gasteiger partial charge in [0.2, 0.25) is 5.91 Å². The van der Waals surface area contributed by atoms with E-state index in [-0.39, 0.29) is 11.3 Å². The van der Waals surface area contributed by atoms with E-state index in [1.807, 2.05) is 12.1 Å². The van der Waals surface area contributed by atoms with Crippen LogP contribution in [-0.2, 0) is 11.3 Å². The van der Waals surface area contributed by atoms with E-state index in [2.05, 4.69) is 34.7 Å². The third kappa shape index (κ3) is 2.51. The lowest BCUT2D eigenvalue weighted by Crippen LogP contribution is -2.45. The van der Waals surface area contributed by atoms with Gasteiger partial charge in [-0.05, 0) is 31.0 Å². The Morgan fingerprint density at radius 2 is 2.44 bits per heavy atom. The van der Waals surface area contributed by atoms with Crippen LogP contribution in [0.5, 0.6) is 0 Å². The highest BCUT2D eigenvalue weighted by Crippen LogP contribution is 2.34. The van der Waals surface area contributed by atoms with Crippen LogP contribution in [0.3, 0.4) is 0 Å². The van der Waals surface area contributed by atoms with Crippen LogP contribution in [0.1, 0.15) is 26.0 Å². The molecule has 0 aliphatic carbocycles. The number of hydrogen-bond acceptors (Lipinski definition) is 4. The van der Waals surface area contributed by atoms with Crippen LogP contribution in [0.15, 0.2) is 18.3 Å². The largest absolute Gasteiger partial charge is 0.350 e. The molecule has 1 fully saturated rings. The minimum absolute atomic E-state index is 0.119. The second-order valence-corrected chi connectivity index (χ2v) is 5.14. The zero-order valence-corrected chi connectivity index (χ0v) is 10.9. The number of carbonyl (C=O) groups excluding carboxylic acids is 1. The summed E-state index contributed by atoms with van der Waals surface area (Å²) in [5.74, 6) is 0.447. The molecule has 1 saturated heterocycles. The lowest BCUT2D eigenvalue weighted by Gasteiger charge is -2.30. The van der Waals surface area contributed by atoms with Crippen LogP contribution in [0.2, 0.25) is 0 Å². The first-order valence-corrected chi connectivity index (χ1v) is 6.41. The van der Waals surface area contributed by atoms with Crippen molar-refractivity contribution in [1.29, 1.82) is 0 Å². The number of rotatable bonds is 4. The molecule has 1 aliphatic heterocycles. The summed E-state index contributed by atoms with van der Waals surface area (Å²) >= 11 is 0. The van der Waals surface area contributed by atoms with E-state index in [0.29, 0.717) is 12.5 Å². The van der Waals surface area contributed by atoms with Crippen LogP contribution in [0, 0.1) is 11.3 Å². The predicted molar refractivity (Wildman–Crippen MR) is 68.6 cm³/mol. The standard InChI is InChI=1S/C13H20N4O/c1-10(2)13(5-7-14-9-13)12(18)15-8-11-4-3-6-16-17-11/h3-4,6,10,14H,5,7-9H2,1-2H3,(H,15,18). The second-order valence-electron chi connectivity index (χ2n) is 5.14. The van der Waals surface area contributed by atoms with Gasteiger partial charge >= 0.3 is 0 Å². The van der Waals surface area contributed by atoms with Crippen molar-refractivity contribution in [2.75, 3.05) is 13.1 Å². The van der Waals surface area contributed by atoms with Crippen LogP contribution >= 0.6 is 0 Å². The highest BCUT2D eigenvalue weighted by atomic mass is 16.2. The van der Waals surface area contributed by atoms with Crippen molar-refractivity contribution < 1.29 is 4.79 Å². The molecule has 18 heavy (non-hydrogen) atoms. The second kappa shape index (κ2) is 5.44. The van der Waals surface area contributed by atoms with Crippen molar-refractivity contribution in [3.05, 3.63) is 24.0 Å². The Morgan fingerprint density at radius 1 is 1.61 bits per heavy atom. The third-order valence-electron chi connectivity index (χ3n) is 3.80. The maximum Gasteiger partial charge on any atom is 0.228 e. The van der Waals surface area contributed by atoms with Crippen molar-refractivity contribution in [1.82, 2.24) is 20.8 Å².